The van der Waals surface area contributed by atoms with Crippen molar-refractivity contribution < 1.29 is 17.9 Å². The maximum Gasteiger partial charge on any atom is 0.417 e. The molecule has 1 aromatic heterocycles. The summed E-state index contributed by atoms with van der Waals surface area (Å²) < 4.78 is 42.3. The summed E-state index contributed by atoms with van der Waals surface area (Å²) in [4.78, 5) is 3.68. The van der Waals surface area contributed by atoms with Crippen LogP contribution in [0, 0.1) is 0 Å². The number of pyridine rings is 1. The van der Waals surface area contributed by atoms with Gasteiger partial charge in [0.05, 0.1) is 18.4 Å². The molecule has 0 atom stereocenters. The average molecular weight is 309 g/mol. The molecular formula is C15H14F3N3O. The standard InChI is InChI=1S/C15H14F3N3O/c1-10(11-3-6-13(22-2)7-4-11)20-21-14-8-5-12(9-19-14)15(16,17)18/h3-9H,1-2H3,(H,19,21)/b20-10+. The van der Waals surface area contributed by atoms with Crippen molar-refractivity contribution in [1.82, 2.24) is 4.98 Å². The van der Waals surface area contributed by atoms with E-state index in [0.29, 0.717) is 5.71 Å². The Balaban J connectivity index is 2.06. The van der Waals surface area contributed by atoms with Gasteiger partial charge in [0.25, 0.3) is 0 Å². The molecule has 2 rings (SSSR count). The highest BCUT2D eigenvalue weighted by Crippen LogP contribution is 2.28. The molecule has 0 fully saturated rings. The first-order valence-electron chi connectivity index (χ1n) is 6.38. The van der Waals surface area contributed by atoms with E-state index in [2.05, 4.69) is 15.5 Å². The first-order chi connectivity index (χ1) is 10.4. The SMILES string of the molecule is COc1ccc(/C(C)=N/Nc2ccc(C(F)(F)F)cn2)cc1. The van der Waals surface area contributed by atoms with Crippen LogP contribution in [0.4, 0.5) is 19.0 Å². The highest BCUT2D eigenvalue weighted by molar-refractivity contribution is 5.99. The number of aromatic nitrogens is 1. The van der Waals surface area contributed by atoms with E-state index in [1.54, 1.807) is 26.2 Å². The summed E-state index contributed by atoms with van der Waals surface area (Å²) in [5, 5.41) is 4.09. The minimum atomic E-state index is -4.40. The smallest absolute Gasteiger partial charge is 0.417 e. The number of anilines is 1. The molecule has 7 heteroatoms. The Morgan fingerprint density at radius 1 is 1.14 bits per heavy atom. The van der Waals surface area contributed by atoms with E-state index in [9.17, 15) is 13.2 Å². The lowest BCUT2D eigenvalue weighted by molar-refractivity contribution is -0.137. The number of alkyl halides is 3. The Kier molecular flexibility index (Phi) is 4.65. The number of methoxy groups -OCH3 is 1. The van der Waals surface area contributed by atoms with Gasteiger partial charge in [0, 0.05) is 6.20 Å². The predicted molar refractivity (Wildman–Crippen MR) is 78.1 cm³/mol. The molecule has 0 saturated carbocycles. The molecule has 0 aliphatic carbocycles. The zero-order chi connectivity index (χ0) is 16.2. The third kappa shape index (κ3) is 3.97. The van der Waals surface area contributed by atoms with Gasteiger partial charge in [-0.3, -0.25) is 5.43 Å². The zero-order valence-electron chi connectivity index (χ0n) is 12.0. The monoisotopic (exact) mass is 309 g/mol. The van der Waals surface area contributed by atoms with Gasteiger partial charge in [-0.15, -0.1) is 0 Å². The second-order valence-electron chi connectivity index (χ2n) is 4.47. The van der Waals surface area contributed by atoms with Gasteiger partial charge in [0.1, 0.15) is 11.6 Å². The normalized spacial score (nSPS) is 12.1. The lowest BCUT2D eigenvalue weighted by Crippen LogP contribution is -2.06. The van der Waals surface area contributed by atoms with Gasteiger partial charge in [0.15, 0.2) is 0 Å². The fourth-order valence-corrected chi connectivity index (χ4v) is 1.67. The lowest BCUT2D eigenvalue weighted by atomic mass is 10.1. The lowest BCUT2D eigenvalue weighted by Gasteiger charge is -2.07. The van der Waals surface area contributed by atoms with Crippen LogP contribution < -0.4 is 10.2 Å². The Morgan fingerprint density at radius 2 is 1.82 bits per heavy atom. The molecule has 1 N–H and O–H groups in total. The Hall–Kier alpha value is -2.57. The van der Waals surface area contributed by atoms with Crippen molar-refractivity contribution in [1.29, 1.82) is 0 Å². The number of nitrogens with zero attached hydrogens (tertiary/aromatic N) is 2. The highest BCUT2D eigenvalue weighted by atomic mass is 19.4. The molecular weight excluding hydrogens is 295 g/mol. The molecule has 22 heavy (non-hydrogen) atoms. The molecule has 1 aromatic carbocycles. The predicted octanol–water partition coefficient (Wildman–Crippen LogP) is 3.95. The first-order valence-corrected chi connectivity index (χ1v) is 6.38. The molecule has 0 amide bonds. The average Bonchev–Trinajstić information content (AvgIpc) is 2.52. The van der Waals surface area contributed by atoms with E-state index >= 15 is 0 Å². The van der Waals surface area contributed by atoms with Crippen molar-refractivity contribution >= 4 is 11.5 Å². The molecule has 0 aliphatic heterocycles. The molecule has 0 radical (unpaired) electrons. The second-order valence-corrected chi connectivity index (χ2v) is 4.47. The number of nitrogens with one attached hydrogen (secondary N) is 1. The van der Waals surface area contributed by atoms with Crippen LogP contribution in [-0.2, 0) is 6.18 Å². The maximum atomic E-state index is 12.4. The van der Waals surface area contributed by atoms with Gasteiger partial charge >= 0.3 is 6.18 Å². The molecule has 0 unspecified atom stereocenters. The number of hydrogen-bond donors (Lipinski definition) is 1. The number of hydrogen-bond acceptors (Lipinski definition) is 4. The molecule has 116 valence electrons. The summed E-state index contributed by atoms with van der Waals surface area (Å²) in [6.45, 7) is 1.78. The van der Waals surface area contributed by atoms with E-state index in [-0.39, 0.29) is 5.82 Å². The van der Waals surface area contributed by atoms with Crippen molar-refractivity contribution in [2.75, 3.05) is 12.5 Å². The van der Waals surface area contributed by atoms with E-state index in [1.807, 2.05) is 12.1 Å². The van der Waals surface area contributed by atoms with Crippen LogP contribution in [0.2, 0.25) is 0 Å². The third-order valence-corrected chi connectivity index (χ3v) is 2.94. The van der Waals surface area contributed by atoms with E-state index < -0.39 is 11.7 Å². The molecule has 0 spiro atoms. The number of halogens is 3. The molecule has 0 saturated heterocycles. The van der Waals surface area contributed by atoms with Crippen LogP contribution in [0.3, 0.4) is 0 Å². The highest BCUT2D eigenvalue weighted by Gasteiger charge is 2.30. The molecule has 4 nitrogen and oxygen atoms in total. The van der Waals surface area contributed by atoms with Crippen LogP contribution in [0.5, 0.6) is 5.75 Å². The van der Waals surface area contributed by atoms with E-state index in [4.69, 9.17) is 4.74 Å². The Morgan fingerprint density at radius 3 is 2.32 bits per heavy atom. The van der Waals surface area contributed by atoms with Crippen LogP contribution in [-0.4, -0.2) is 17.8 Å². The second kappa shape index (κ2) is 6.46. The van der Waals surface area contributed by atoms with Gasteiger partial charge in [-0.1, -0.05) is 0 Å². The van der Waals surface area contributed by atoms with Crippen molar-refractivity contribution in [3.63, 3.8) is 0 Å². The van der Waals surface area contributed by atoms with E-state index in [0.717, 1.165) is 23.6 Å². The molecule has 2 aromatic rings. The van der Waals surface area contributed by atoms with Gasteiger partial charge < -0.3 is 4.74 Å². The van der Waals surface area contributed by atoms with Crippen LogP contribution in [0.25, 0.3) is 0 Å². The van der Waals surface area contributed by atoms with Crippen LogP contribution >= 0.6 is 0 Å². The number of ether oxygens (including phenoxy) is 1. The molecule has 0 bridgehead atoms. The number of hydrazone groups is 1. The summed E-state index contributed by atoms with van der Waals surface area (Å²) in [7, 11) is 1.58. The molecule has 1 heterocycles. The summed E-state index contributed by atoms with van der Waals surface area (Å²) >= 11 is 0. The van der Waals surface area contributed by atoms with Crippen molar-refractivity contribution in [2.45, 2.75) is 13.1 Å². The van der Waals surface area contributed by atoms with Crippen LogP contribution in [0.15, 0.2) is 47.7 Å². The Labute approximate surface area is 125 Å². The maximum absolute atomic E-state index is 12.4. The summed E-state index contributed by atoms with van der Waals surface area (Å²) in [6, 6.07) is 9.44. The summed E-state index contributed by atoms with van der Waals surface area (Å²) in [5.41, 5.74) is 3.36. The summed E-state index contributed by atoms with van der Waals surface area (Å²) in [6.07, 6.45) is -3.63. The summed E-state index contributed by atoms with van der Waals surface area (Å²) in [5.74, 6) is 0.967. The van der Waals surface area contributed by atoms with Crippen molar-refractivity contribution in [3.8, 4) is 5.75 Å². The van der Waals surface area contributed by atoms with Gasteiger partial charge in [-0.05, 0) is 48.9 Å². The molecule has 0 aliphatic rings. The topological polar surface area (TPSA) is 46.5 Å². The fraction of sp³-hybridized carbons (Fsp3) is 0.200. The minimum absolute atomic E-state index is 0.237. The van der Waals surface area contributed by atoms with Crippen molar-refractivity contribution in [3.05, 3.63) is 53.7 Å². The van der Waals surface area contributed by atoms with Gasteiger partial charge in [-0.2, -0.15) is 18.3 Å². The minimum Gasteiger partial charge on any atom is -0.497 e. The van der Waals surface area contributed by atoms with Crippen molar-refractivity contribution in [2.24, 2.45) is 5.10 Å². The fourth-order valence-electron chi connectivity index (χ4n) is 1.67. The quantitative estimate of drug-likeness (QED) is 0.687. The van der Waals surface area contributed by atoms with Gasteiger partial charge in [0.2, 0.25) is 0 Å². The largest absolute Gasteiger partial charge is 0.497 e. The Bertz CT molecular complexity index is 649. The van der Waals surface area contributed by atoms with Gasteiger partial charge in [-0.25, -0.2) is 4.98 Å². The third-order valence-electron chi connectivity index (χ3n) is 2.94. The van der Waals surface area contributed by atoms with Crippen LogP contribution in [0.1, 0.15) is 18.1 Å². The number of rotatable bonds is 4. The number of benzene rings is 1. The van der Waals surface area contributed by atoms with E-state index in [1.165, 1.54) is 6.07 Å². The first kappa shape index (κ1) is 15.8. The zero-order valence-corrected chi connectivity index (χ0v) is 12.0.